The fourth-order valence-corrected chi connectivity index (χ4v) is 5.15. The average Bonchev–Trinajstić information content (AvgIpc) is 3.14. The molecule has 4 nitrogen and oxygen atoms in total. The van der Waals surface area contributed by atoms with Gasteiger partial charge in [0.2, 0.25) is 10.0 Å². The van der Waals surface area contributed by atoms with Crippen molar-refractivity contribution in [3.05, 3.63) is 0 Å². The van der Waals surface area contributed by atoms with Crippen LogP contribution in [0.15, 0.2) is 0 Å². The van der Waals surface area contributed by atoms with Gasteiger partial charge in [-0.1, -0.05) is 20.3 Å². The van der Waals surface area contributed by atoms with Gasteiger partial charge in [-0.15, -0.1) is 0 Å². The van der Waals surface area contributed by atoms with Gasteiger partial charge in [-0.05, 0) is 50.4 Å². The lowest BCUT2D eigenvalue weighted by Crippen LogP contribution is -2.47. The highest BCUT2D eigenvalue weighted by Crippen LogP contribution is 2.39. The number of rotatable bonds is 5. The molecule has 0 radical (unpaired) electrons. The van der Waals surface area contributed by atoms with Gasteiger partial charge in [-0.25, -0.2) is 13.1 Å². The Bertz CT molecular complexity index is 414. The summed E-state index contributed by atoms with van der Waals surface area (Å²) in [5, 5.41) is 9.91. The molecular weight excluding hydrogens is 262 g/mol. The van der Waals surface area contributed by atoms with Crippen LogP contribution in [0.3, 0.4) is 0 Å². The third kappa shape index (κ3) is 3.70. The number of sulfonamides is 1. The Kier molecular flexibility index (Phi) is 4.29. The molecule has 0 aromatic rings. The van der Waals surface area contributed by atoms with Crippen LogP contribution in [0, 0.1) is 17.8 Å². The molecule has 19 heavy (non-hydrogen) atoms. The van der Waals surface area contributed by atoms with Crippen LogP contribution < -0.4 is 4.72 Å². The normalized spacial score (nSPS) is 35.9. The molecule has 2 aliphatic rings. The molecule has 0 amide bonds. The van der Waals surface area contributed by atoms with Crippen LogP contribution in [0.25, 0.3) is 0 Å². The highest BCUT2D eigenvalue weighted by Gasteiger charge is 2.42. The zero-order valence-corrected chi connectivity index (χ0v) is 13.0. The van der Waals surface area contributed by atoms with E-state index in [2.05, 4.69) is 11.6 Å². The molecule has 112 valence electrons. The Morgan fingerprint density at radius 3 is 2.42 bits per heavy atom. The molecule has 4 atom stereocenters. The maximum atomic E-state index is 12.4. The van der Waals surface area contributed by atoms with Crippen molar-refractivity contribution in [3.8, 4) is 0 Å². The van der Waals surface area contributed by atoms with Gasteiger partial charge in [0.25, 0.3) is 0 Å². The van der Waals surface area contributed by atoms with E-state index in [1.807, 2.05) is 6.92 Å². The van der Waals surface area contributed by atoms with E-state index in [0.29, 0.717) is 5.92 Å². The van der Waals surface area contributed by atoms with Gasteiger partial charge in [0.1, 0.15) is 0 Å². The van der Waals surface area contributed by atoms with Gasteiger partial charge < -0.3 is 5.11 Å². The summed E-state index contributed by atoms with van der Waals surface area (Å²) in [7, 11) is -3.31. The highest BCUT2D eigenvalue weighted by atomic mass is 32.2. The molecule has 3 unspecified atom stereocenters. The van der Waals surface area contributed by atoms with Crippen LogP contribution in [-0.4, -0.2) is 30.9 Å². The van der Waals surface area contributed by atoms with Crippen molar-refractivity contribution in [2.75, 3.05) is 6.54 Å². The molecule has 0 aliphatic heterocycles. The molecule has 0 bridgehead atoms. The van der Waals surface area contributed by atoms with Gasteiger partial charge in [-0.3, -0.25) is 0 Å². The van der Waals surface area contributed by atoms with E-state index < -0.39 is 15.6 Å². The molecule has 0 aromatic carbocycles. The minimum absolute atomic E-state index is 0.150. The molecule has 0 heterocycles. The lowest BCUT2D eigenvalue weighted by Gasteiger charge is -2.33. The first-order valence-electron chi connectivity index (χ1n) is 7.43. The van der Waals surface area contributed by atoms with Crippen molar-refractivity contribution < 1.29 is 13.5 Å². The lowest BCUT2D eigenvalue weighted by molar-refractivity contribution is 0.0421. The number of hydrogen-bond acceptors (Lipinski definition) is 3. The van der Waals surface area contributed by atoms with Gasteiger partial charge in [-0.2, -0.15) is 0 Å². The molecule has 5 heteroatoms. The van der Waals surface area contributed by atoms with E-state index in [9.17, 15) is 13.5 Å². The molecule has 2 rings (SSSR count). The van der Waals surface area contributed by atoms with Crippen LogP contribution >= 0.6 is 0 Å². The summed E-state index contributed by atoms with van der Waals surface area (Å²) in [4.78, 5) is 0. The van der Waals surface area contributed by atoms with Gasteiger partial charge in [0.15, 0.2) is 0 Å². The largest absolute Gasteiger partial charge is 0.389 e. The summed E-state index contributed by atoms with van der Waals surface area (Å²) in [6.07, 6.45) is 4.85. The zero-order valence-electron chi connectivity index (χ0n) is 12.2. The number of aliphatic hydroxyl groups is 1. The third-order valence-electron chi connectivity index (χ3n) is 4.87. The highest BCUT2D eigenvalue weighted by molar-refractivity contribution is 7.90. The monoisotopic (exact) mass is 289 g/mol. The van der Waals surface area contributed by atoms with Crippen molar-refractivity contribution in [2.45, 2.75) is 63.7 Å². The van der Waals surface area contributed by atoms with Crippen LogP contribution in [0.1, 0.15) is 52.9 Å². The molecular formula is C14H27NO3S. The Labute approximate surface area is 117 Å². The summed E-state index contributed by atoms with van der Waals surface area (Å²) in [6.45, 7) is 6.03. The SMILES string of the molecule is CC1CCC(C)C(S(=O)(=O)NC[C@@](C)(O)C2CC2)C1. The first-order chi connectivity index (χ1) is 8.72. The Morgan fingerprint density at radius 1 is 1.21 bits per heavy atom. The standard InChI is InChI=1S/C14H27NO3S/c1-10-4-5-11(2)13(8-10)19(17,18)15-9-14(3,16)12-6-7-12/h10-13,15-16H,4-9H2,1-3H3/t10?,11?,13?,14-/m1/s1. The van der Waals surface area contributed by atoms with Gasteiger partial charge >= 0.3 is 0 Å². The van der Waals surface area contributed by atoms with Crippen molar-refractivity contribution >= 4 is 10.0 Å². The van der Waals surface area contributed by atoms with E-state index in [-0.39, 0.29) is 23.6 Å². The molecule has 2 N–H and O–H groups in total. The molecule has 0 aromatic heterocycles. The zero-order chi connectivity index (χ0) is 14.3. The Hall–Kier alpha value is -0.130. The second-order valence-electron chi connectivity index (χ2n) is 6.93. The predicted octanol–water partition coefficient (Wildman–Crippen LogP) is 1.89. The smallest absolute Gasteiger partial charge is 0.214 e. The van der Waals surface area contributed by atoms with Crippen molar-refractivity contribution in [1.82, 2.24) is 4.72 Å². The Balaban J connectivity index is 1.97. The van der Waals surface area contributed by atoms with Crippen LogP contribution in [0.5, 0.6) is 0 Å². The van der Waals surface area contributed by atoms with Gasteiger partial charge in [0, 0.05) is 6.54 Å². The third-order valence-corrected chi connectivity index (χ3v) is 6.87. The first-order valence-corrected chi connectivity index (χ1v) is 8.98. The maximum absolute atomic E-state index is 12.4. The van der Waals surface area contributed by atoms with Crippen molar-refractivity contribution in [3.63, 3.8) is 0 Å². The quantitative estimate of drug-likeness (QED) is 0.812. The second-order valence-corrected chi connectivity index (χ2v) is 8.92. The van der Waals surface area contributed by atoms with E-state index in [1.165, 1.54) is 0 Å². The minimum Gasteiger partial charge on any atom is -0.389 e. The van der Waals surface area contributed by atoms with E-state index in [1.54, 1.807) is 6.92 Å². The molecule has 0 saturated heterocycles. The summed E-state index contributed by atoms with van der Waals surface area (Å²) in [5.74, 6) is 0.944. The van der Waals surface area contributed by atoms with Gasteiger partial charge in [0.05, 0.1) is 10.9 Å². The predicted molar refractivity (Wildman–Crippen MR) is 76.2 cm³/mol. The fraction of sp³-hybridized carbons (Fsp3) is 1.00. The van der Waals surface area contributed by atoms with Crippen LogP contribution in [0.2, 0.25) is 0 Å². The number of hydrogen-bond donors (Lipinski definition) is 2. The van der Waals surface area contributed by atoms with Crippen molar-refractivity contribution in [1.29, 1.82) is 0 Å². The molecule has 0 spiro atoms. The molecule has 2 saturated carbocycles. The fourth-order valence-electron chi connectivity index (χ4n) is 3.12. The average molecular weight is 289 g/mol. The molecule has 2 aliphatic carbocycles. The van der Waals surface area contributed by atoms with E-state index in [4.69, 9.17) is 0 Å². The van der Waals surface area contributed by atoms with Crippen molar-refractivity contribution in [2.24, 2.45) is 17.8 Å². The number of nitrogens with one attached hydrogen (secondary N) is 1. The van der Waals surface area contributed by atoms with Crippen LogP contribution in [-0.2, 0) is 10.0 Å². The first kappa shape index (κ1) is 15.3. The summed E-state index contributed by atoms with van der Waals surface area (Å²) >= 11 is 0. The summed E-state index contributed by atoms with van der Waals surface area (Å²) in [6, 6.07) is 0. The topological polar surface area (TPSA) is 66.4 Å². The molecule has 2 fully saturated rings. The summed E-state index contributed by atoms with van der Waals surface area (Å²) in [5.41, 5.74) is -0.892. The van der Waals surface area contributed by atoms with E-state index >= 15 is 0 Å². The second kappa shape index (κ2) is 5.34. The van der Waals surface area contributed by atoms with Crippen LogP contribution in [0.4, 0.5) is 0 Å². The Morgan fingerprint density at radius 2 is 1.84 bits per heavy atom. The summed E-state index contributed by atoms with van der Waals surface area (Å²) < 4.78 is 27.5. The maximum Gasteiger partial charge on any atom is 0.214 e. The minimum atomic E-state index is -3.31. The van der Waals surface area contributed by atoms with E-state index in [0.717, 1.165) is 32.1 Å². The lowest BCUT2D eigenvalue weighted by atomic mass is 9.84.